The molecule has 0 saturated carbocycles. The molecule has 1 aliphatic heterocycles. The highest BCUT2D eigenvalue weighted by Gasteiger charge is 2.24. The molecule has 1 aliphatic rings. The van der Waals surface area contributed by atoms with E-state index >= 15 is 0 Å². The number of aliphatic hydroxyl groups is 1. The van der Waals surface area contributed by atoms with Gasteiger partial charge in [0.1, 0.15) is 12.7 Å². The maximum Gasteiger partial charge on any atom is 0.333 e. The molecule has 6 heteroatoms. The summed E-state index contributed by atoms with van der Waals surface area (Å²) in [5.41, 5.74) is 0.845. The number of ether oxygens (including phenoxy) is 3. The number of epoxide rings is 1. The lowest BCUT2D eigenvalue weighted by molar-refractivity contribution is -0.139. The number of carbonyl (C=O) groups is 2. The van der Waals surface area contributed by atoms with Crippen molar-refractivity contribution in [2.24, 2.45) is 0 Å². The Bertz CT molecular complexity index is 357. The van der Waals surface area contributed by atoms with Crippen LogP contribution in [0, 0.1) is 0 Å². The van der Waals surface area contributed by atoms with Crippen LogP contribution in [-0.4, -0.2) is 50.1 Å². The number of esters is 2. The highest BCUT2D eigenvalue weighted by atomic mass is 16.6. The SMILES string of the molecule is C=C(C)C(=O)OCC1CO1.C=C(CCCO)C(=O)OC. The summed E-state index contributed by atoms with van der Waals surface area (Å²) in [6, 6.07) is 0. The Balaban J connectivity index is 0.000000361. The summed E-state index contributed by atoms with van der Waals surface area (Å²) in [6.45, 7) is 9.69. The molecule has 0 aromatic rings. The van der Waals surface area contributed by atoms with Crippen LogP contribution in [0.3, 0.4) is 0 Å². The summed E-state index contributed by atoms with van der Waals surface area (Å²) in [4.78, 5) is 21.3. The van der Waals surface area contributed by atoms with Crippen molar-refractivity contribution >= 4 is 11.9 Å². The molecule has 0 aromatic carbocycles. The number of hydrogen-bond acceptors (Lipinski definition) is 6. The molecule has 1 N–H and O–H groups in total. The van der Waals surface area contributed by atoms with Gasteiger partial charge in [0.2, 0.25) is 0 Å². The van der Waals surface area contributed by atoms with E-state index in [-0.39, 0.29) is 18.7 Å². The lowest BCUT2D eigenvalue weighted by Gasteiger charge is -1.99. The van der Waals surface area contributed by atoms with Crippen molar-refractivity contribution in [2.75, 3.05) is 26.9 Å². The molecule has 1 fully saturated rings. The minimum atomic E-state index is -0.395. The third kappa shape index (κ3) is 9.29. The number of hydrogen-bond donors (Lipinski definition) is 1. The van der Waals surface area contributed by atoms with Crippen molar-refractivity contribution in [2.45, 2.75) is 25.9 Å². The second-order valence-electron chi connectivity index (χ2n) is 4.26. The van der Waals surface area contributed by atoms with Crippen molar-refractivity contribution in [1.29, 1.82) is 0 Å². The van der Waals surface area contributed by atoms with Gasteiger partial charge in [0, 0.05) is 17.8 Å². The third-order valence-electron chi connectivity index (χ3n) is 2.26. The molecule has 1 saturated heterocycles. The molecule has 0 aliphatic carbocycles. The van der Waals surface area contributed by atoms with Crippen molar-refractivity contribution in [1.82, 2.24) is 0 Å². The van der Waals surface area contributed by atoms with Crippen LogP contribution in [0.5, 0.6) is 0 Å². The van der Waals surface area contributed by atoms with Gasteiger partial charge in [-0.1, -0.05) is 13.2 Å². The van der Waals surface area contributed by atoms with E-state index < -0.39 is 5.97 Å². The Morgan fingerprint density at radius 3 is 2.35 bits per heavy atom. The molecular weight excluding hydrogens is 264 g/mol. The normalized spacial score (nSPS) is 15.4. The summed E-state index contributed by atoms with van der Waals surface area (Å²) in [5, 5.41) is 8.38. The van der Waals surface area contributed by atoms with E-state index in [9.17, 15) is 9.59 Å². The van der Waals surface area contributed by atoms with E-state index in [4.69, 9.17) is 14.6 Å². The van der Waals surface area contributed by atoms with Crippen LogP contribution in [0.25, 0.3) is 0 Å². The van der Waals surface area contributed by atoms with E-state index in [2.05, 4.69) is 17.9 Å². The average molecular weight is 286 g/mol. The zero-order valence-electron chi connectivity index (χ0n) is 12.0. The number of methoxy groups -OCH3 is 1. The Kier molecular flexibility index (Phi) is 9.32. The van der Waals surface area contributed by atoms with Crippen molar-refractivity contribution < 1.29 is 28.9 Å². The smallest absolute Gasteiger partial charge is 0.333 e. The largest absolute Gasteiger partial charge is 0.466 e. The van der Waals surface area contributed by atoms with Crippen LogP contribution in [0.2, 0.25) is 0 Å². The average Bonchev–Trinajstić information content (AvgIpc) is 3.25. The van der Waals surface area contributed by atoms with Crippen LogP contribution < -0.4 is 0 Å². The molecule has 20 heavy (non-hydrogen) atoms. The van der Waals surface area contributed by atoms with Crippen molar-refractivity contribution in [3.63, 3.8) is 0 Å². The van der Waals surface area contributed by atoms with Gasteiger partial charge in [-0.2, -0.15) is 0 Å². The minimum absolute atomic E-state index is 0.0794. The van der Waals surface area contributed by atoms with Crippen molar-refractivity contribution in [3.8, 4) is 0 Å². The van der Waals surface area contributed by atoms with Gasteiger partial charge in [0.25, 0.3) is 0 Å². The zero-order chi connectivity index (χ0) is 15.5. The second-order valence-corrected chi connectivity index (χ2v) is 4.26. The lowest BCUT2D eigenvalue weighted by atomic mass is 10.2. The summed E-state index contributed by atoms with van der Waals surface area (Å²) in [6.07, 6.45) is 1.21. The molecule has 114 valence electrons. The highest BCUT2D eigenvalue weighted by Crippen LogP contribution is 2.09. The Morgan fingerprint density at radius 2 is 1.95 bits per heavy atom. The van der Waals surface area contributed by atoms with Gasteiger partial charge in [-0.25, -0.2) is 9.59 Å². The van der Waals surface area contributed by atoms with Crippen LogP contribution >= 0.6 is 0 Å². The quantitative estimate of drug-likeness (QED) is 0.427. The van der Waals surface area contributed by atoms with Crippen LogP contribution in [0.15, 0.2) is 24.3 Å². The summed E-state index contributed by atoms with van der Waals surface area (Å²) in [5.74, 6) is -0.732. The first-order valence-corrected chi connectivity index (χ1v) is 6.23. The fraction of sp³-hybridized carbons (Fsp3) is 0.571. The molecule has 6 nitrogen and oxygen atoms in total. The van der Waals surface area contributed by atoms with Crippen LogP contribution in [-0.2, 0) is 23.8 Å². The first kappa shape index (κ1) is 18.3. The molecule has 1 heterocycles. The highest BCUT2D eigenvalue weighted by molar-refractivity contribution is 5.87. The Labute approximate surface area is 119 Å². The van der Waals surface area contributed by atoms with Gasteiger partial charge >= 0.3 is 11.9 Å². The first-order valence-electron chi connectivity index (χ1n) is 6.23. The Hall–Kier alpha value is -1.66. The van der Waals surface area contributed by atoms with Gasteiger partial charge in [-0.05, 0) is 19.8 Å². The molecule has 0 radical (unpaired) electrons. The molecule has 1 unspecified atom stereocenters. The third-order valence-corrected chi connectivity index (χ3v) is 2.26. The molecule has 0 amide bonds. The molecule has 1 atom stereocenters. The fourth-order valence-electron chi connectivity index (χ4n) is 0.995. The maximum atomic E-state index is 10.7. The number of aliphatic hydroxyl groups excluding tert-OH is 1. The number of rotatable bonds is 7. The van der Waals surface area contributed by atoms with Gasteiger partial charge in [0.15, 0.2) is 0 Å². The monoisotopic (exact) mass is 286 g/mol. The van der Waals surface area contributed by atoms with Crippen LogP contribution in [0.1, 0.15) is 19.8 Å². The van der Waals surface area contributed by atoms with E-state index in [0.29, 0.717) is 37.2 Å². The Morgan fingerprint density at radius 1 is 1.35 bits per heavy atom. The predicted octanol–water partition coefficient (Wildman–Crippen LogP) is 0.993. The van der Waals surface area contributed by atoms with E-state index in [1.54, 1.807) is 6.92 Å². The van der Waals surface area contributed by atoms with Crippen molar-refractivity contribution in [3.05, 3.63) is 24.3 Å². The predicted molar refractivity (Wildman–Crippen MR) is 73.0 cm³/mol. The van der Waals surface area contributed by atoms with Gasteiger partial charge in [-0.3, -0.25) is 0 Å². The van der Waals surface area contributed by atoms with Crippen LogP contribution in [0.4, 0.5) is 0 Å². The van der Waals surface area contributed by atoms with Gasteiger partial charge in [0.05, 0.1) is 13.7 Å². The molecule has 1 rings (SSSR count). The zero-order valence-corrected chi connectivity index (χ0v) is 12.0. The first-order chi connectivity index (χ1) is 9.42. The minimum Gasteiger partial charge on any atom is -0.466 e. The molecule has 0 bridgehead atoms. The van der Waals surface area contributed by atoms with E-state index in [1.165, 1.54) is 7.11 Å². The standard InChI is InChI=1S/C7H10O3.C7H12O3/c1-5(2)7(8)10-4-6-3-9-6;1-6(4-3-5-8)7(9)10-2/h6H,1,3-4H2,2H3;8H,1,3-5H2,2H3. The maximum absolute atomic E-state index is 10.7. The fourth-order valence-corrected chi connectivity index (χ4v) is 0.995. The van der Waals surface area contributed by atoms with E-state index in [0.717, 1.165) is 0 Å². The van der Waals surface area contributed by atoms with E-state index in [1.807, 2.05) is 0 Å². The molecule has 0 aromatic heterocycles. The summed E-state index contributed by atoms with van der Waals surface area (Å²) in [7, 11) is 1.31. The summed E-state index contributed by atoms with van der Waals surface area (Å²) >= 11 is 0. The summed E-state index contributed by atoms with van der Waals surface area (Å²) < 4.78 is 14.0. The van der Waals surface area contributed by atoms with Gasteiger partial charge < -0.3 is 19.3 Å². The number of carbonyl (C=O) groups excluding carboxylic acids is 2. The lowest BCUT2D eigenvalue weighted by Crippen LogP contribution is -2.09. The van der Waals surface area contributed by atoms with Gasteiger partial charge in [-0.15, -0.1) is 0 Å². The topological polar surface area (TPSA) is 85.4 Å². The second kappa shape index (κ2) is 10.2. The molecule has 0 spiro atoms. The molecular formula is C14H22O6.